The van der Waals surface area contributed by atoms with Crippen LogP contribution in [0.5, 0.6) is 0 Å². The smallest absolute Gasteiger partial charge is 0.271 e. The lowest BCUT2D eigenvalue weighted by molar-refractivity contribution is -0.384. The Kier molecular flexibility index (Phi) is 3.28. The Balaban J connectivity index is 2.31. The highest BCUT2D eigenvalue weighted by Crippen LogP contribution is 2.23. The summed E-state index contributed by atoms with van der Waals surface area (Å²) >= 11 is 5.77. The second kappa shape index (κ2) is 4.71. The molecular formula is C11H11ClN2O3. The molecule has 0 saturated carbocycles. The highest BCUT2D eigenvalue weighted by Gasteiger charge is 2.21. The van der Waals surface area contributed by atoms with Crippen molar-refractivity contribution in [3.63, 3.8) is 0 Å². The first kappa shape index (κ1) is 11.9. The average Bonchev–Trinajstić information content (AvgIpc) is 2.80. The van der Waals surface area contributed by atoms with E-state index in [4.69, 9.17) is 11.6 Å². The molecule has 6 heteroatoms. The van der Waals surface area contributed by atoms with Crippen LogP contribution in [-0.4, -0.2) is 28.8 Å². The van der Waals surface area contributed by atoms with Crippen molar-refractivity contribution in [1.82, 2.24) is 4.90 Å². The van der Waals surface area contributed by atoms with Crippen LogP contribution in [-0.2, 0) is 0 Å². The summed E-state index contributed by atoms with van der Waals surface area (Å²) in [5, 5.41) is 10.9. The van der Waals surface area contributed by atoms with Crippen LogP contribution < -0.4 is 0 Å². The monoisotopic (exact) mass is 254 g/mol. The zero-order chi connectivity index (χ0) is 12.4. The first-order chi connectivity index (χ1) is 8.08. The highest BCUT2D eigenvalue weighted by atomic mass is 35.5. The molecule has 1 amide bonds. The molecule has 1 aromatic rings. The predicted octanol–water partition coefficient (Wildman–Crippen LogP) is 2.48. The normalized spacial score (nSPS) is 15.0. The van der Waals surface area contributed by atoms with Gasteiger partial charge in [0.05, 0.1) is 4.92 Å². The first-order valence-electron chi connectivity index (χ1n) is 5.32. The number of rotatable bonds is 2. The minimum absolute atomic E-state index is 0.153. The van der Waals surface area contributed by atoms with E-state index in [2.05, 4.69) is 0 Å². The fourth-order valence-electron chi connectivity index (χ4n) is 1.91. The summed E-state index contributed by atoms with van der Waals surface area (Å²) in [5.41, 5.74) is 0.131. The van der Waals surface area contributed by atoms with Crippen LogP contribution in [0.4, 0.5) is 5.69 Å². The summed E-state index contributed by atoms with van der Waals surface area (Å²) in [5.74, 6) is -0.187. The summed E-state index contributed by atoms with van der Waals surface area (Å²) < 4.78 is 0. The standard InChI is InChI=1S/C11H11ClN2O3/c12-9-5-8(6-10(7-9)14(16)17)11(15)13-3-1-2-4-13/h5-7H,1-4H2. The molecule has 1 saturated heterocycles. The molecule has 90 valence electrons. The Bertz CT molecular complexity index is 470. The van der Waals surface area contributed by atoms with E-state index in [0.717, 1.165) is 12.8 Å². The first-order valence-corrected chi connectivity index (χ1v) is 5.70. The lowest BCUT2D eigenvalue weighted by Crippen LogP contribution is -2.27. The molecule has 1 aliphatic rings. The van der Waals surface area contributed by atoms with Crippen molar-refractivity contribution in [1.29, 1.82) is 0 Å². The number of halogens is 1. The van der Waals surface area contributed by atoms with E-state index in [1.165, 1.54) is 18.2 Å². The van der Waals surface area contributed by atoms with Gasteiger partial charge in [0, 0.05) is 35.8 Å². The predicted molar refractivity (Wildman–Crippen MR) is 63.2 cm³/mol. The van der Waals surface area contributed by atoms with E-state index in [-0.39, 0.29) is 22.2 Å². The van der Waals surface area contributed by atoms with Gasteiger partial charge in [-0.05, 0) is 18.9 Å². The molecule has 1 aromatic carbocycles. The minimum Gasteiger partial charge on any atom is -0.339 e. The zero-order valence-electron chi connectivity index (χ0n) is 9.06. The molecule has 1 heterocycles. The topological polar surface area (TPSA) is 63.4 Å². The number of non-ortho nitro benzene ring substituents is 1. The summed E-state index contributed by atoms with van der Waals surface area (Å²) in [6, 6.07) is 3.98. The number of likely N-dealkylation sites (tertiary alicyclic amines) is 1. The molecule has 0 bridgehead atoms. The number of nitro groups is 1. The molecule has 1 aliphatic heterocycles. The Morgan fingerprint density at radius 1 is 1.29 bits per heavy atom. The Hall–Kier alpha value is -1.62. The lowest BCUT2D eigenvalue weighted by Gasteiger charge is -2.15. The molecule has 0 N–H and O–H groups in total. The number of nitro benzene ring substituents is 1. The van der Waals surface area contributed by atoms with Gasteiger partial charge in [-0.1, -0.05) is 11.6 Å². The van der Waals surface area contributed by atoms with Gasteiger partial charge < -0.3 is 4.90 Å². The maximum atomic E-state index is 12.0. The minimum atomic E-state index is -0.549. The van der Waals surface area contributed by atoms with Crippen molar-refractivity contribution in [2.24, 2.45) is 0 Å². The number of amides is 1. The SMILES string of the molecule is O=C(c1cc(Cl)cc([N+](=O)[O-])c1)N1CCCC1. The van der Waals surface area contributed by atoms with Gasteiger partial charge in [0.2, 0.25) is 0 Å². The Morgan fingerprint density at radius 2 is 1.94 bits per heavy atom. The number of nitrogens with zero attached hydrogens (tertiary/aromatic N) is 2. The van der Waals surface area contributed by atoms with E-state index < -0.39 is 4.92 Å². The third kappa shape index (κ3) is 2.55. The number of hydrogen-bond donors (Lipinski definition) is 0. The molecule has 0 aromatic heterocycles. The molecular weight excluding hydrogens is 244 g/mol. The van der Waals surface area contributed by atoms with Crippen molar-refractivity contribution in [3.05, 3.63) is 38.9 Å². The van der Waals surface area contributed by atoms with Gasteiger partial charge in [0.15, 0.2) is 0 Å². The number of benzene rings is 1. The molecule has 5 nitrogen and oxygen atoms in total. The molecule has 0 unspecified atom stereocenters. The second-order valence-electron chi connectivity index (χ2n) is 3.95. The van der Waals surface area contributed by atoms with Crippen molar-refractivity contribution in [3.8, 4) is 0 Å². The largest absolute Gasteiger partial charge is 0.339 e. The lowest BCUT2D eigenvalue weighted by atomic mass is 10.2. The third-order valence-corrected chi connectivity index (χ3v) is 2.95. The molecule has 17 heavy (non-hydrogen) atoms. The summed E-state index contributed by atoms with van der Waals surface area (Å²) in [6.07, 6.45) is 1.96. The number of hydrogen-bond acceptors (Lipinski definition) is 3. The number of carbonyl (C=O) groups excluding carboxylic acids is 1. The van der Waals surface area contributed by atoms with Crippen molar-refractivity contribution in [2.45, 2.75) is 12.8 Å². The highest BCUT2D eigenvalue weighted by molar-refractivity contribution is 6.31. The summed E-state index contributed by atoms with van der Waals surface area (Å²) in [4.78, 5) is 23.8. The van der Waals surface area contributed by atoms with Crippen molar-refractivity contribution < 1.29 is 9.72 Å². The fraction of sp³-hybridized carbons (Fsp3) is 0.364. The van der Waals surface area contributed by atoms with Crippen molar-refractivity contribution in [2.75, 3.05) is 13.1 Å². The molecule has 1 fully saturated rings. The zero-order valence-corrected chi connectivity index (χ0v) is 9.81. The maximum Gasteiger partial charge on any atom is 0.271 e. The fourth-order valence-corrected chi connectivity index (χ4v) is 2.14. The van der Waals surface area contributed by atoms with Gasteiger partial charge in [-0.25, -0.2) is 0 Å². The van der Waals surface area contributed by atoms with Crippen LogP contribution in [0.15, 0.2) is 18.2 Å². The average molecular weight is 255 g/mol. The summed E-state index contributed by atoms with van der Waals surface area (Å²) in [7, 11) is 0. The summed E-state index contributed by atoms with van der Waals surface area (Å²) in [6.45, 7) is 1.41. The number of carbonyl (C=O) groups is 1. The Morgan fingerprint density at radius 3 is 2.53 bits per heavy atom. The van der Waals surface area contributed by atoms with E-state index in [0.29, 0.717) is 13.1 Å². The van der Waals surface area contributed by atoms with Crippen molar-refractivity contribution >= 4 is 23.2 Å². The van der Waals surface area contributed by atoms with Crippen LogP contribution in [0.1, 0.15) is 23.2 Å². The maximum absolute atomic E-state index is 12.0. The van der Waals surface area contributed by atoms with Gasteiger partial charge in [-0.3, -0.25) is 14.9 Å². The van der Waals surface area contributed by atoms with Crippen LogP contribution in [0.25, 0.3) is 0 Å². The Labute approximate surface area is 103 Å². The van der Waals surface area contributed by atoms with E-state index >= 15 is 0 Å². The van der Waals surface area contributed by atoms with Gasteiger partial charge in [0.25, 0.3) is 11.6 Å². The van der Waals surface area contributed by atoms with E-state index in [9.17, 15) is 14.9 Å². The van der Waals surface area contributed by atoms with E-state index in [1.807, 2.05) is 0 Å². The van der Waals surface area contributed by atoms with Gasteiger partial charge in [0.1, 0.15) is 0 Å². The van der Waals surface area contributed by atoms with E-state index in [1.54, 1.807) is 4.90 Å². The van der Waals surface area contributed by atoms with Gasteiger partial charge in [-0.2, -0.15) is 0 Å². The molecule has 2 rings (SSSR count). The van der Waals surface area contributed by atoms with Gasteiger partial charge >= 0.3 is 0 Å². The van der Waals surface area contributed by atoms with Crippen LogP contribution in [0.3, 0.4) is 0 Å². The third-order valence-electron chi connectivity index (χ3n) is 2.73. The quantitative estimate of drug-likeness (QED) is 0.602. The van der Waals surface area contributed by atoms with Crippen LogP contribution in [0, 0.1) is 10.1 Å². The van der Waals surface area contributed by atoms with Crippen LogP contribution in [0.2, 0.25) is 5.02 Å². The second-order valence-corrected chi connectivity index (χ2v) is 4.39. The molecule has 0 spiro atoms. The molecule has 0 atom stereocenters. The molecule has 0 radical (unpaired) electrons. The molecule has 0 aliphatic carbocycles. The van der Waals surface area contributed by atoms with Crippen LogP contribution >= 0.6 is 11.6 Å². The van der Waals surface area contributed by atoms with Gasteiger partial charge in [-0.15, -0.1) is 0 Å².